The zero-order valence-corrected chi connectivity index (χ0v) is 11.2. The molecule has 0 aromatic rings. The van der Waals surface area contributed by atoms with E-state index in [1.807, 2.05) is 0 Å². The maximum absolute atomic E-state index is 3.25. The van der Waals surface area contributed by atoms with Crippen LogP contribution >= 0.6 is 0 Å². The molecule has 0 nitrogen and oxygen atoms in total. The Balaban J connectivity index is -0.000000177. The van der Waals surface area contributed by atoms with Crippen molar-refractivity contribution in [2.24, 2.45) is 0 Å². The third-order valence-electron chi connectivity index (χ3n) is 1.33. The summed E-state index contributed by atoms with van der Waals surface area (Å²) in [6.45, 7) is 13.0. The summed E-state index contributed by atoms with van der Waals surface area (Å²) in [5, 5.41) is 0. The minimum absolute atomic E-state index is 0. The molecule has 1 saturated carbocycles. The fourth-order valence-corrected chi connectivity index (χ4v) is 0.856. The first-order valence-electron chi connectivity index (χ1n) is 4.93. The molecule has 0 spiro atoms. The van der Waals surface area contributed by atoms with Gasteiger partial charge in [-0.2, -0.15) is 0 Å². The average molecular weight is 291 g/mol. The molecule has 0 atom stereocenters. The maximum atomic E-state index is 3.25. The van der Waals surface area contributed by atoms with Gasteiger partial charge in [-0.05, 0) is 91.9 Å². The first-order chi connectivity index (χ1) is 6.83. The summed E-state index contributed by atoms with van der Waals surface area (Å²) in [6, 6.07) is 0. The molecule has 0 saturated heterocycles. The zero-order chi connectivity index (χ0) is 11.1. The van der Waals surface area contributed by atoms with Crippen molar-refractivity contribution in [2.45, 2.75) is 25.7 Å². The van der Waals surface area contributed by atoms with Crippen LogP contribution in [0.4, 0.5) is 0 Å². The predicted octanol–water partition coefficient (Wildman–Crippen LogP) is 4.09. The van der Waals surface area contributed by atoms with Gasteiger partial charge in [0, 0.05) is 0 Å². The van der Waals surface area contributed by atoms with Crippen LogP contribution in [0.15, 0.2) is 0 Å². The quantitative estimate of drug-likeness (QED) is 0.590. The minimum Gasteiger partial charge on any atom is -0.0499 e. The summed E-state index contributed by atoms with van der Waals surface area (Å²) in [5.41, 5.74) is 0. The van der Waals surface area contributed by atoms with Crippen LogP contribution < -0.4 is 0 Å². The molecule has 0 N–H and O–H groups in total. The molecule has 0 aromatic carbocycles. The summed E-state index contributed by atoms with van der Waals surface area (Å²) in [5.74, 6) is 0. The van der Waals surface area contributed by atoms with Crippen molar-refractivity contribution in [3.63, 3.8) is 0 Å². The average Bonchev–Trinajstić information content (AvgIpc) is 2.04. The van der Waals surface area contributed by atoms with Crippen LogP contribution in [-0.4, -0.2) is 0 Å². The summed E-state index contributed by atoms with van der Waals surface area (Å²) >= 11 is 0. The van der Waals surface area contributed by atoms with Crippen molar-refractivity contribution in [1.29, 1.82) is 0 Å². The van der Waals surface area contributed by atoms with Crippen molar-refractivity contribution in [1.82, 2.24) is 0 Å². The second kappa shape index (κ2) is 24.0. The van der Waals surface area contributed by atoms with E-state index in [1.54, 1.807) is 0 Å². The maximum Gasteiger partial charge on any atom is 3.00 e. The van der Waals surface area contributed by atoms with E-state index in [4.69, 9.17) is 0 Å². The SMILES string of the molecule is [CH2][CH][CH2].[CH2][CH][CH2].[CH]1[CH]CC[CH][CH]CC1.[Ru+3]. The Morgan fingerprint density at radius 2 is 0.733 bits per heavy atom. The van der Waals surface area contributed by atoms with E-state index in [2.05, 4.69) is 53.4 Å². The molecule has 15 heavy (non-hydrogen) atoms. The molecule has 11 radical (unpaired) electrons. The van der Waals surface area contributed by atoms with E-state index in [0.29, 0.717) is 0 Å². The molecule has 83 valence electrons. The molecule has 1 aliphatic rings. The monoisotopic (exact) mass is 292 g/mol. The topological polar surface area (TPSA) is 0 Å². The van der Waals surface area contributed by atoms with Crippen molar-refractivity contribution >= 4 is 0 Å². The van der Waals surface area contributed by atoms with E-state index in [9.17, 15) is 0 Å². The Morgan fingerprint density at radius 1 is 0.600 bits per heavy atom. The fourth-order valence-electron chi connectivity index (χ4n) is 0.856. The Bertz CT molecular complexity index is 45.7. The predicted molar refractivity (Wildman–Crippen MR) is 65.7 cm³/mol. The van der Waals surface area contributed by atoms with E-state index in [-0.39, 0.29) is 19.5 Å². The van der Waals surface area contributed by atoms with Gasteiger partial charge in [0.25, 0.3) is 0 Å². The fraction of sp³-hybridized carbons (Fsp3) is 0.286. The van der Waals surface area contributed by atoms with Gasteiger partial charge in [0.2, 0.25) is 0 Å². The van der Waals surface area contributed by atoms with E-state index >= 15 is 0 Å². The largest absolute Gasteiger partial charge is 3.00 e. The molecule has 0 amide bonds. The minimum atomic E-state index is 0. The van der Waals surface area contributed by atoms with Crippen LogP contribution in [0.2, 0.25) is 0 Å². The molecule has 0 heterocycles. The van der Waals surface area contributed by atoms with Gasteiger partial charge in [0.05, 0.1) is 0 Å². The van der Waals surface area contributed by atoms with Crippen LogP contribution in [-0.2, 0) is 19.5 Å². The summed E-state index contributed by atoms with van der Waals surface area (Å²) in [6.07, 6.45) is 17.0. The molecular formula is C14H22Ru+3. The van der Waals surface area contributed by atoms with Gasteiger partial charge in [0.1, 0.15) is 0 Å². The van der Waals surface area contributed by atoms with Crippen molar-refractivity contribution < 1.29 is 19.5 Å². The molecule has 1 rings (SSSR count). The zero-order valence-electron chi connectivity index (χ0n) is 9.47. The Kier molecular flexibility index (Phi) is 33.6. The molecule has 0 aromatic heterocycles. The first-order valence-corrected chi connectivity index (χ1v) is 4.93. The van der Waals surface area contributed by atoms with Crippen LogP contribution in [0.1, 0.15) is 25.7 Å². The first kappa shape index (κ1) is 21.0. The van der Waals surface area contributed by atoms with Crippen molar-refractivity contribution in [2.75, 3.05) is 0 Å². The van der Waals surface area contributed by atoms with Crippen LogP contribution in [0.5, 0.6) is 0 Å². The number of hydrogen-bond acceptors (Lipinski definition) is 0. The third-order valence-corrected chi connectivity index (χ3v) is 1.33. The van der Waals surface area contributed by atoms with Gasteiger partial charge in [-0.1, -0.05) is 0 Å². The van der Waals surface area contributed by atoms with E-state index in [1.165, 1.54) is 38.5 Å². The second-order valence-corrected chi connectivity index (χ2v) is 2.67. The molecule has 1 fully saturated rings. The van der Waals surface area contributed by atoms with Crippen LogP contribution in [0.3, 0.4) is 0 Å². The summed E-state index contributed by atoms with van der Waals surface area (Å²) < 4.78 is 0. The molecular weight excluding hydrogens is 269 g/mol. The summed E-state index contributed by atoms with van der Waals surface area (Å²) in [7, 11) is 0. The molecule has 1 aliphatic carbocycles. The normalized spacial score (nSPS) is 15.2. The van der Waals surface area contributed by atoms with Gasteiger partial charge < -0.3 is 0 Å². The van der Waals surface area contributed by atoms with Crippen LogP contribution in [0, 0.1) is 66.2 Å². The second-order valence-electron chi connectivity index (χ2n) is 2.67. The van der Waals surface area contributed by atoms with Crippen LogP contribution in [0.25, 0.3) is 0 Å². The standard InChI is InChI=1S/C8H12.2C3H5.Ru/c1-2-4-6-8-7-5-3-1;2*1-3-2;/h1-2,7-8H,3-6H2;2*3H,1-2H2;/q;;;+3. The smallest absolute Gasteiger partial charge is 0.0499 e. The Morgan fingerprint density at radius 3 is 0.867 bits per heavy atom. The third kappa shape index (κ3) is 31.3. The van der Waals surface area contributed by atoms with Gasteiger partial charge in [-0.3, -0.25) is 0 Å². The Hall–Kier alpha value is 0.623. The van der Waals surface area contributed by atoms with E-state index in [0.717, 1.165) is 0 Å². The van der Waals surface area contributed by atoms with Crippen molar-refractivity contribution in [3.05, 3.63) is 66.2 Å². The van der Waals surface area contributed by atoms with E-state index < -0.39 is 0 Å². The molecule has 0 bridgehead atoms. The van der Waals surface area contributed by atoms with Crippen molar-refractivity contribution in [3.8, 4) is 0 Å². The Labute approximate surface area is 111 Å². The number of rotatable bonds is 0. The van der Waals surface area contributed by atoms with Gasteiger partial charge >= 0.3 is 19.5 Å². The number of hydrogen-bond donors (Lipinski definition) is 0. The van der Waals surface area contributed by atoms with Gasteiger partial charge in [-0.15, -0.1) is 0 Å². The molecule has 0 unspecified atom stereocenters. The van der Waals surface area contributed by atoms with Gasteiger partial charge in [-0.25, -0.2) is 0 Å². The summed E-state index contributed by atoms with van der Waals surface area (Å²) in [4.78, 5) is 0. The molecule has 0 aliphatic heterocycles. The van der Waals surface area contributed by atoms with Gasteiger partial charge in [0.15, 0.2) is 0 Å². The molecule has 1 heteroatoms.